The molecule has 0 radical (unpaired) electrons. The topological polar surface area (TPSA) is 82.6 Å². The zero-order valence-corrected chi connectivity index (χ0v) is 14.4. The van der Waals surface area contributed by atoms with Gasteiger partial charge in [0.1, 0.15) is 0 Å². The standard InChI is InChI=1S/C20H22N4O2/c1-2-14-21-20(26)23-18-12-10-17(11-13-18)19(25)24-22-15-6-9-16-7-4-3-5-8-16/h2-5,7-8,10-13,15H,1,6,9,14H2,(H,24,25)(H2,21,23,26)/b22-15+. The molecule has 0 aromatic heterocycles. The molecule has 6 heteroatoms. The number of urea groups is 1. The van der Waals surface area contributed by atoms with Gasteiger partial charge in [-0.2, -0.15) is 5.10 Å². The number of hydrogen-bond donors (Lipinski definition) is 3. The zero-order valence-electron chi connectivity index (χ0n) is 14.4. The smallest absolute Gasteiger partial charge is 0.319 e. The molecule has 0 fully saturated rings. The largest absolute Gasteiger partial charge is 0.334 e. The molecule has 2 aromatic carbocycles. The van der Waals surface area contributed by atoms with Crippen molar-refractivity contribution in [3.63, 3.8) is 0 Å². The van der Waals surface area contributed by atoms with Crippen LogP contribution in [-0.4, -0.2) is 24.7 Å². The highest BCUT2D eigenvalue weighted by atomic mass is 16.2. The van der Waals surface area contributed by atoms with Gasteiger partial charge in [0.25, 0.3) is 5.91 Å². The van der Waals surface area contributed by atoms with Crippen LogP contribution in [0.2, 0.25) is 0 Å². The van der Waals surface area contributed by atoms with Gasteiger partial charge in [-0.1, -0.05) is 36.4 Å². The number of carbonyl (C=O) groups excluding carboxylic acids is 2. The highest BCUT2D eigenvalue weighted by Crippen LogP contribution is 2.09. The maximum Gasteiger partial charge on any atom is 0.319 e. The molecule has 2 aromatic rings. The summed E-state index contributed by atoms with van der Waals surface area (Å²) < 4.78 is 0. The summed E-state index contributed by atoms with van der Waals surface area (Å²) in [5.74, 6) is -0.302. The monoisotopic (exact) mass is 350 g/mol. The summed E-state index contributed by atoms with van der Waals surface area (Å²) in [7, 11) is 0. The number of amides is 3. The highest BCUT2D eigenvalue weighted by molar-refractivity contribution is 5.95. The molecule has 0 aliphatic heterocycles. The van der Waals surface area contributed by atoms with Gasteiger partial charge in [-0.25, -0.2) is 10.2 Å². The van der Waals surface area contributed by atoms with Crippen LogP contribution < -0.4 is 16.1 Å². The molecule has 26 heavy (non-hydrogen) atoms. The Morgan fingerprint density at radius 1 is 1.04 bits per heavy atom. The Hall–Kier alpha value is -3.41. The molecule has 2 rings (SSSR count). The van der Waals surface area contributed by atoms with Crippen LogP contribution in [0.4, 0.5) is 10.5 Å². The Bertz CT molecular complexity index is 755. The van der Waals surface area contributed by atoms with Crippen molar-refractivity contribution in [1.82, 2.24) is 10.7 Å². The minimum Gasteiger partial charge on any atom is -0.334 e. The third-order valence-corrected chi connectivity index (χ3v) is 3.47. The second-order valence-corrected chi connectivity index (χ2v) is 5.48. The lowest BCUT2D eigenvalue weighted by Gasteiger charge is -2.06. The number of carbonyl (C=O) groups is 2. The van der Waals surface area contributed by atoms with Crippen LogP contribution in [0.5, 0.6) is 0 Å². The molecule has 0 heterocycles. The normalized spacial score (nSPS) is 10.3. The number of nitrogens with zero attached hydrogens (tertiary/aromatic N) is 1. The lowest BCUT2D eigenvalue weighted by Crippen LogP contribution is -2.28. The van der Waals surface area contributed by atoms with Crippen LogP contribution in [0.3, 0.4) is 0 Å². The Balaban J connectivity index is 1.75. The fourth-order valence-electron chi connectivity index (χ4n) is 2.15. The summed E-state index contributed by atoms with van der Waals surface area (Å²) in [5.41, 5.74) is 4.77. The number of rotatable bonds is 8. The summed E-state index contributed by atoms with van der Waals surface area (Å²) in [6.07, 6.45) is 4.89. The van der Waals surface area contributed by atoms with Crippen LogP contribution in [0.1, 0.15) is 22.3 Å². The molecule has 0 bridgehead atoms. The van der Waals surface area contributed by atoms with E-state index in [1.54, 1.807) is 36.6 Å². The van der Waals surface area contributed by atoms with Crippen molar-refractivity contribution in [1.29, 1.82) is 0 Å². The predicted molar refractivity (Wildman–Crippen MR) is 104 cm³/mol. The van der Waals surface area contributed by atoms with Gasteiger partial charge in [-0.3, -0.25) is 4.79 Å². The van der Waals surface area contributed by atoms with E-state index in [-0.39, 0.29) is 11.9 Å². The number of anilines is 1. The molecule has 0 atom stereocenters. The Kier molecular flexibility index (Phi) is 7.61. The van der Waals surface area contributed by atoms with Gasteiger partial charge in [-0.15, -0.1) is 6.58 Å². The van der Waals surface area contributed by atoms with E-state index in [2.05, 4.69) is 39.9 Å². The van der Waals surface area contributed by atoms with Crippen LogP contribution in [0.25, 0.3) is 0 Å². The van der Waals surface area contributed by atoms with Gasteiger partial charge >= 0.3 is 6.03 Å². The fraction of sp³-hybridized carbons (Fsp3) is 0.150. The van der Waals surface area contributed by atoms with Crippen LogP contribution in [0.15, 0.2) is 72.4 Å². The molecule has 0 unspecified atom stereocenters. The van der Waals surface area contributed by atoms with E-state index in [0.717, 1.165) is 12.8 Å². The van der Waals surface area contributed by atoms with Gasteiger partial charge in [0.05, 0.1) is 0 Å². The molecule has 0 aliphatic rings. The van der Waals surface area contributed by atoms with Crippen molar-refractivity contribution in [3.8, 4) is 0 Å². The molecule has 3 N–H and O–H groups in total. The average Bonchev–Trinajstić information content (AvgIpc) is 2.67. The highest BCUT2D eigenvalue weighted by Gasteiger charge is 2.05. The summed E-state index contributed by atoms with van der Waals surface area (Å²) >= 11 is 0. The van der Waals surface area contributed by atoms with Crippen molar-refractivity contribution in [2.24, 2.45) is 5.10 Å². The quantitative estimate of drug-likeness (QED) is 0.388. The SMILES string of the molecule is C=CCNC(=O)Nc1ccc(C(=O)N/N=C/CCc2ccccc2)cc1. The fourth-order valence-corrected chi connectivity index (χ4v) is 2.15. The maximum absolute atomic E-state index is 12.0. The number of benzene rings is 2. The van der Waals surface area contributed by atoms with Crippen LogP contribution in [-0.2, 0) is 6.42 Å². The minimum atomic E-state index is -0.329. The predicted octanol–water partition coefficient (Wildman–Crippen LogP) is 3.34. The Morgan fingerprint density at radius 2 is 1.77 bits per heavy atom. The van der Waals surface area contributed by atoms with E-state index < -0.39 is 0 Å². The van der Waals surface area contributed by atoms with Gasteiger partial charge < -0.3 is 10.6 Å². The molecule has 6 nitrogen and oxygen atoms in total. The van der Waals surface area contributed by atoms with Crippen LogP contribution >= 0.6 is 0 Å². The van der Waals surface area contributed by atoms with Gasteiger partial charge in [0, 0.05) is 24.0 Å². The molecular formula is C20H22N4O2. The molecule has 0 saturated heterocycles. The zero-order chi connectivity index (χ0) is 18.6. The van der Waals surface area contributed by atoms with E-state index in [9.17, 15) is 9.59 Å². The second kappa shape index (κ2) is 10.5. The number of aryl methyl sites for hydroxylation is 1. The molecule has 0 aliphatic carbocycles. The average molecular weight is 350 g/mol. The first-order valence-corrected chi connectivity index (χ1v) is 8.30. The van der Waals surface area contributed by atoms with Crippen molar-refractivity contribution >= 4 is 23.8 Å². The summed E-state index contributed by atoms with van der Waals surface area (Å²) in [5, 5.41) is 9.22. The van der Waals surface area contributed by atoms with E-state index >= 15 is 0 Å². The first kappa shape index (κ1) is 18.9. The van der Waals surface area contributed by atoms with Crippen molar-refractivity contribution in [2.45, 2.75) is 12.8 Å². The molecule has 0 spiro atoms. The van der Waals surface area contributed by atoms with Crippen molar-refractivity contribution < 1.29 is 9.59 Å². The van der Waals surface area contributed by atoms with Gasteiger partial charge in [0.2, 0.25) is 0 Å². The first-order chi connectivity index (χ1) is 12.7. The molecule has 3 amide bonds. The second-order valence-electron chi connectivity index (χ2n) is 5.48. The minimum absolute atomic E-state index is 0.302. The molecular weight excluding hydrogens is 328 g/mol. The van der Waals surface area contributed by atoms with E-state index in [0.29, 0.717) is 17.8 Å². The van der Waals surface area contributed by atoms with Crippen molar-refractivity contribution in [3.05, 3.63) is 78.4 Å². The lowest BCUT2D eigenvalue weighted by atomic mass is 10.1. The lowest BCUT2D eigenvalue weighted by molar-refractivity contribution is 0.0955. The third kappa shape index (κ3) is 6.60. The third-order valence-electron chi connectivity index (χ3n) is 3.47. The van der Waals surface area contributed by atoms with Crippen molar-refractivity contribution in [2.75, 3.05) is 11.9 Å². The molecule has 0 saturated carbocycles. The van der Waals surface area contributed by atoms with E-state index in [1.807, 2.05) is 18.2 Å². The number of nitrogens with one attached hydrogen (secondary N) is 3. The van der Waals surface area contributed by atoms with Gasteiger partial charge in [-0.05, 0) is 42.7 Å². The van der Waals surface area contributed by atoms with E-state index in [4.69, 9.17) is 0 Å². The summed E-state index contributed by atoms with van der Waals surface area (Å²) in [6, 6.07) is 16.3. The number of hydrogen-bond acceptors (Lipinski definition) is 3. The summed E-state index contributed by atoms with van der Waals surface area (Å²) in [6.45, 7) is 3.91. The summed E-state index contributed by atoms with van der Waals surface area (Å²) in [4.78, 5) is 23.5. The Labute approximate surface area is 153 Å². The number of hydrazone groups is 1. The maximum atomic E-state index is 12.0. The first-order valence-electron chi connectivity index (χ1n) is 8.30. The van der Waals surface area contributed by atoms with E-state index in [1.165, 1.54) is 5.56 Å². The Morgan fingerprint density at radius 3 is 2.46 bits per heavy atom. The van der Waals surface area contributed by atoms with Crippen LogP contribution in [0, 0.1) is 0 Å². The molecule has 134 valence electrons. The van der Waals surface area contributed by atoms with Gasteiger partial charge in [0.15, 0.2) is 0 Å².